The number of nitrogens with one attached hydrogen (secondary N) is 1. The maximum Gasteiger partial charge on any atom is 0.226 e. The highest BCUT2D eigenvalue weighted by atomic mass is 19.1. The first-order valence-electron chi connectivity index (χ1n) is 12.6. The van der Waals surface area contributed by atoms with Crippen LogP contribution in [0.1, 0.15) is 36.0 Å². The van der Waals surface area contributed by atoms with E-state index in [-0.39, 0.29) is 24.2 Å². The number of amides is 1. The first-order valence-corrected chi connectivity index (χ1v) is 12.6. The Balaban J connectivity index is 1.18. The Morgan fingerprint density at radius 1 is 1.22 bits per heavy atom. The van der Waals surface area contributed by atoms with Gasteiger partial charge in [0.15, 0.2) is 5.65 Å². The smallest absolute Gasteiger partial charge is 0.226 e. The number of halogens is 1. The maximum absolute atomic E-state index is 14.5. The number of aromatic nitrogens is 4. The maximum atomic E-state index is 14.5. The number of rotatable bonds is 5. The number of fused-ring (bicyclic) bond motifs is 2. The van der Waals surface area contributed by atoms with Gasteiger partial charge in [0.05, 0.1) is 6.61 Å². The third-order valence-electron chi connectivity index (χ3n) is 7.63. The number of benzene rings is 1. The second-order valence-electron chi connectivity index (χ2n) is 9.82. The number of hydrogen-bond acceptors (Lipinski definition) is 7. The molecular weight excluding hydrogens is 461 g/mol. The van der Waals surface area contributed by atoms with Crippen molar-refractivity contribution in [1.29, 1.82) is 0 Å². The molecule has 0 radical (unpaired) electrons. The van der Waals surface area contributed by atoms with E-state index in [0.29, 0.717) is 43.3 Å². The number of hydrogen-bond donors (Lipinski definition) is 1. The Kier molecular flexibility index (Phi) is 6.04. The highest BCUT2D eigenvalue weighted by molar-refractivity contribution is 5.82. The number of carbonyl (C=O) groups excluding carboxylic acids is 1. The summed E-state index contributed by atoms with van der Waals surface area (Å²) in [7, 11) is 2.11. The van der Waals surface area contributed by atoms with Crippen molar-refractivity contribution in [2.45, 2.75) is 32.2 Å². The van der Waals surface area contributed by atoms with Crippen LogP contribution in [-0.2, 0) is 17.8 Å². The molecule has 36 heavy (non-hydrogen) atoms. The minimum absolute atomic E-state index is 0.133. The van der Waals surface area contributed by atoms with Crippen molar-refractivity contribution in [3.63, 3.8) is 0 Å². The molecule has 0 saturated carbocycles. The molecule has 3 aromatic rings. The fourth-order valence-corrected chi connectivity index (χ4v) is 5.48. The van der Waals surface area contributed by atoms with Crippen molar-refractivity contribution >= 4 is 23.1 Å². The predicted molar refractivity (Wildman–Crippen MR) is 133 cm³/mol. The van der Waals surface area contributed by atoms with E-state index in [0.717, 1.165) is 54.8 Å². The molecule has 9 nitrogen and oxygen atoms in total. The van der Waals surface area contributed by atoms with E-state index >= 15 is 0 Å². The second kappa shape index (κ2) is 9.50. The van der Waals surface area contributed by atoms with Crippen LogP contribution in [0.2, 0.25) is 0 Å². The summed E-state index contributed by atoms with van der Waals surface area (Å²) in [5.41, 5.74) is 4.22. The number of anilines is 1. The van der Waals surface area contributed by atoms with Gasteiger partial charge in [-0.3, -0.25) is 9.20 Å². The summed E-state index contributed by atoms with van der Waals surface area (Å²) < 4.78 is 21.9. The fraction of sp³-hybridized carbons (Fsp3) is 0.462. The highest BCUT2D eigenvalue weighted by Gasteiger charge is 2.29. The Hall–Kier alpha value is -3.53. The van der Waals surface area contributed by atoms with Crippen molar-refractivity contribution in [2.24, 2.45) is 5.92 Å². The molecule has 1 amide bonds. The van der Waals surface area contributed by atoms with Crippen molar-refractivity contribution in [3.8, 4) is 5.75 Å². The number of carbonyl (C=O) groups is 1. The van der Waals surface area contributed by atoms with Gasteiger partial charge in [0.2, 0.25) is 11.9 Å². The van der Waals surface area contributed by atoms with Gasteiger partial charge in [0, 0.05) is 54.9 Å². The van der Waals surface area contributed by atoms with Crippen LogP contribution in [0.25, 0.3) is 11.2 Å². The standard InChI is InChI=1S/C26H30FN7O2/c1-32-9-4-18(5-10-32)25(35)33-11-6-17(7-12-33)20-14-28-26(34-16-30-31-24(20)34)29-15-21-19-8-13-36-23(19)3-2-22(21)27/h2-3,6,14,16,18H,4-5,7-13,15H2,1H3,(H,28,29). The molecule has 1 aromatic carbocycles. The molecule has 188 valence electrons. The minimum atomic E-state index is -0.255. The lowest BCUT2D eigenvalue weighted by atomic mass is 9.94. The molecule has 0 spiro atoms. The van der Waals surface area contributed by atoms with Gasteiger partial charge in [-0.15, -0.1) is 10.2 Å². The zero-order valence-corrected chi connectivity index (χ0v) is 20.4. The zero-order chi connectivity index (χ0) is 24.6. The molecule has 1 saturated heterocycles. The molecule has 0 unspecified atom stereocenters. The molecule has 3 aliphatic heterocycles. The zero-order valence-electron chi connectivity index (χ0n) is 20.4. The summed E-state index contributed by atoms with van der Waals surface area (Å²) in [6.45, 7) is 4.11. The van der Waals surface area contributed by atoms with Gasteiger partial charge < -0.3 is 19.9 Å². The Bertz CT molecular complexity index is 1330. The summed E-state index contributed by atoms with van der Waals surface area (Å²) in [5.74, 6) is 1.45. The van der Waals surface area contributed by atoms with Crippen LogP contribution < -0.4 is 10.1 Å². The Morgan fingerprint density at radius 3 is 2.89 bits per heavy atom. The fourth-order valence-electron chi connectivity index (χ4n) is 5.48. The summed E-state index contributed by atoms with van der Waals surface area (Å²) in [6.07, 6.45) is 8.83. The van der Waals surface area contributed by atoms with Gasteiger partial charge in [-0.25, -0.2) is 9.37 Å². The van der Waals surface area contributed by atoms with Gasteiger partial charge >= 0.3 is 0 Å². The molecule has 1 N–H and O–H groups in total. The number of nitrogens with zero attached hydrogens (tertiary/aromatic N) is 6. The van der Waals surface area contributed by atoms with Crippen molar-refractivity contribution in [2.75, 3.05) is 45.2 Å². The van der Waals surface area contributed by atoms with Gasteiger partial charge in [-0.2, -0.15) is 0 Å². The molecule has 3 aliphatic rings. The molecule has 6 rings (SSSR count). The van der Waals surface area contributed by atoms with E-state index in [1.54, 1.807) is 23.0 Å². The van der Waals surface area contributed by atoms with Crippen LogP contribution in [0.5, 0.6) is 5.75 Å². The van der Waals surface area contributed by atoms with Gasteiger partial charge in [-0.05, 0) is 57.1 Å². The minimum Gasteiger partial charge on any atom is -0.493 e. The molecule has 5 heterocycles. The van der Waals surface area contributed by atoms with Gasteiger partial charge in [0.1, 0.15) is 17.9 Å². The lowest BCUT2D eigenvalue weighted by molar-refractivity contribution is -0.136. The molecule has 0 aliphatic carbocycles. The Labute approximate surface area is 209 Å². The third kappa shape index (κ3) is 4.19. The molecular formula is C26H30FN7O2. The van der Waals surface area contributed by atoms with E-state index < -0.39 is 0 Å². The van der Waals surface area contributed by atoms with Crippen molar-refractivity contribution in [3.05, 3.63) is 53.2 Å². The molecule has 0 bridgehead atoms. The van der Waals surface area contributed by atoms with Crippen LogP contribution in [0.4, 0.5) is 10.3 Å². The van der Waals surface area contributed by atoms with E-state index in [1.165, 1.54) is 6.07 Å². The molecule has 2 aromatic heterocycles. The first kappa shape index (κ1) is 22.9. The highest BCUT2D eigenvalue weighted by Crippen LogP contribution is 2.31. The monoisotopic (exact) mass is 491 g/mol. The first-order chi connectivity index (χ1) is 17.6. The van der Waals surface area contributed by atoms with Crippen LogP contribution in [0, 0.1) is 11.7 Å². The summed E-state index contributed by atoms with van der Waals surface area (Å²) in [4.78, 5) is 21.9. The average molecular weight is 492 g/mol. The SMILES string of the molecule is CN1CCC(C(=O)N2CC=C(c3cnc(NCc4c(F)ccc5c4CCO5)n4cnnc34)CC2)CC1. The van der Waals surface area contributed by atoms with Gasteiger partial charge in [-0.1, -0.05) is 6.08 Å². The van der Waals surface area contributed by atoms with Crippen molar-refractivity contribution < 1.29 is 13.9 Å². The topological polar surface area (TPSA) is 87.9 Å². The van der Waals surface area contributed by atoms with E-state index in [1.807, 2.05) is 4.90 Å². The number of likely N-dealkylation sites (tertiary alicyclic amines) is 1. The van der Waals surface area contributed by atoms with E-state index in [4.69, 9.17) is 4.74 Å². The third-order valence-corrected chi connectivity index (χ3v) is 7.63. The largest absolute Gasteiger partial charge is 0.493 e. The normalized spacial score (nSPS) is 18.7. The summed E-state index contributed by atoms with van der Waals surface area (Å²) in [6, 6.07) is 3.13. The summed E-state index contributed by atoms with van der Waals surface area (Å²) in [5, 5.41) is 11.7. The quantitative estimate of drug-likeness (QED) is 0.587. The van der Waals surface area contributed by atoms with E-state index in [9.17, 15) is 9.18 Å². The van der Waals surface area contributed by atoms with Gasteiger partial charge in [0.25, 0.3) is 0 Å². The predicted octanol–water partition coefficient (Wildman–Crippen LogP) is 2.77. The van der Waals surface area contributed by atoms with Crippen molar-refractivity contribution in [1.82, 2.24) is 29.4 Å². The van der Waals surface area contributed by atoms with Crippen LogP contribution in [0.3, 0.4) is 0 Å². The van der Waals surface area contributed by atoms with Crippen LogP contribution in [0.15, 0.2) is 30.7 Å². The molecule has 0 atom stereocenters. The second-order valence-corrected chi connectivity index (χ2v) is 9.82. The summed E-state index contributed by atoms with van der Waals surface area (Å²) >= 11 is 0. The number of piperidine rings is 1. The molecule has 10 heteroatoms. The average Bonchev–Trinajstić information content (AvgIpc) is 3.59. The molecule has 1 fully saturated rings. The van der Waals surface area contributed by atoms with E-state index in [2.05, 4.69) is 38.5 Å². The number of ether oxygens (including phenoxy) is 1. The Morgan fingerprint density at radius 2 is 2.08 bits per heavy atom. The van der Waals surface area contributed by atoms with Crippen LogP contribution >= 0.6 is 0 Å². The lowest BCUT2D eigenvalue weighted by Crippen LogP contribution is -2.43. The lowest BCUT2D eigenvalue weighted by Gasteiger charge is -2.34. The van der Waals surface area contributed by atoms with Crippen LogP contribution in [-0.4, -0.2) is 75.1 Å².